The molecule has 116 valence electrons. The Balaban J connectivity index is 2.18. The third-order valence-corrected chi connectivity index (χ3v) is 3.64. The highest BCUT2D eigenvalue weighted by Crippen LogP contribution is 2.25. The van der Waals surface area contributed by atoms with Crippen LogP contribution >= 0.6 is 0 Å². The van der Waals surface area contributed by atoms with Crippen LogP contribution in [0.15, 0.2) is 42.7 Å². The predicted molar refractivity (Wildman–Crippen MR) is 85.2 cm³/mol. The fourth-order valence-corrected chi connectivity index (χ4v) is 2.50. The van der Waals surface area contributed by atoms with Crippen molar-refractivity contribution in [2.45, 2.75) is 19.9 Å². The van der Waals surface area contributed by atoms with Gasteiger partial charge in [-0.25, -0.2) is 4.98 Å². The summed E-state index contributed by atoms with van der Waals surface area (Å²) < 4.78 is 1.86. The summed E-state index contributed by atoms with van der Waals surface area (Å²) in [5, 5.41) is 8.97. The van der Waals surface area contributed by atoms with Crippen LogP contribution in [0.5, 0.6) is 0 Å². The Bertz CT molecular complexity index is 885. The van der Waals surface area contributed by atoms with Crippen LogP contribution in [-0.4, -0.2) is 31.4 Å². The SMILES string of the molecule is CC(=O)c1ccc2c(c1)nc(-c1ccncc1)n2CCC(=O)O. The number of pyridine rings is 1. The van der Waals surface area contributed by atoms with E-state index in [9.17, 15) is 9.59 Å². The number of hydrogen-bond acceptors (Lipinski definition) is 4. The molecule has 3 rings (SSSR count). The van der Waals surface area contributed by atoms with Crippen molar-refractivity contribution in [3.05, 3.63) is 48.3 Å². The quantitative estimate of drug-likeness (QED) is 0.732. The van der Waals surface area contributed by atoms with Crippen molar-refractivity contribution < 1.29 is 14.7 Å². The number of ketones is 1. The zero-order valence-electron chi connectivity index (χ0n) is 12.6. The lowest BCUT2D eigenvalue weighted by Gasteiger charge is -2.07. The molecule has 0 saturated heterocycles. The Labute approximate surface area is 132 Å². The average Bonchev–Trinajstić information content (AvgIpc) is 2.91. The minimum Gasteiger partial charge on any atom is -0.481 e. The van der Waals surface area contributed by atoms with Gasteiger partial charge in [0.15, 0.2) is 5.78 Å². The van der Waals surface area contributed by atoms with E-state index in [1.807, 2.05) is 22.8 Å². The van der Waals surface area contributed by atoms with Gasteiger partial charge in [-0.05, 0) is 37.3 Å². The van der Waals surface area contributed by atoms with Gasteiger partial charge in [0, 0.05) is 30.1 Å². The summed E-state index contributed by atoms with van der Waals surface area (Å²) in [6, 6.07) is 8.93. The molecule has 3 aromatic rings. The number of hydrogen-bond donors (Lipinski definition) is 1. The number of benzene rings is 1. The molecule has 1 N–H and O–H groups in total. The first-order chi connectivity index (χ1) is 11.1. The average molecular weight is 309 g/mol. The standard InChI is InChI=1S/C17H15N3O3/c1-11(21)13-2-3-15-14(10-13)19-17(12-4-7-18-8-5-12)20(15)9-6-16(22)23/h2-5,7-8,10H,6,9H2,1H3,(H,22,23). The van der Waals surface area contributed by atoms with Gasteiger partial charge in [0.1, 0.15) is 5.82 Å². The van der Waals surface area contributed by atoms with E-state index in [1.54, 1.807) is 24.5 Å². The molecule has 0 aliphatic carbocycles. The van der Waals surface area contributed by atoms with Crippen LogP contribution in [0.4, 0.5) is 0 Å². The zero-order valence-corrected chi connectivity index (χ0v) is 12.6. The summed E-state index contributed by atoms with van der Waals surface area (Å²) in [6.07, 6.45) is 3.33. The molecule has 0 spiro atoms. The third kappa shape index (κ3) is 2.96. The second-order valence-corrected chi connectivity index (χ2v) is 5.23. The maximum Gasteiger partial charge on any atom is 0.305 e. The second kappa shape index (κ2) is 6.00. The molecular formula is C17H15N3O3. The highest BCUT2D eigenvalue weighted by Gasteiger charge is 2.14. The van der Waals surface area contributed by atoms with E-state index in [4.69, 9.17) is 5.11 Å². The van der Waals surface area contributed by atoms with Gasteiger partial charge in [0.05, 0.1) is 17.5 Å². The molecule has 0 amide bonds. The van der Waals surface area contributed by atoms with Crippen LogP contribution in [0.25, 0.3) is 22.4 Å². The van der Waals surface area contributed by atoms with E-state index in [-0.39, 0.29) is 12.2 Å². The fraction of sp³-hybridized carbons (Fsp3) is 0.176. The third-order valence-electron chi connectivity index (χ3n) is 3.64. The Morgan fingerprint density at radius 1 is 1.17 bits per heavy atom. The first kappa shape index (κ1) is 14.9. The van der Waals surface area contributed by atoms with Crippen LogP contribution in [0.1, 0.15) is 23.7 Å². The number of aromatic nitrogens is 3. The van der Waals surface area contributed by atoms with Gasteiger partial charge in [-0.15, -0.1) is 0 Å². The molecule has 0 unspecified atom stereocenters. The summed E-state index contributed by atoms with van der Waals surface area (Å²) in [6.45, 7) is 1.81. The van der Waals surface area contributed by atoms with Gasteiger partial charge >= 0.3 is 5.97 Å². The lowest BCUT2D eigenvalue weighted by Crippen LogP contribution is -2.06. The molecule has 0 atom stereocenters. The number of fused-ring (bicyclic) bond motifs is 1. The van der Waals surface area contributed by atoms with E-state index in [2.05, 4.69) is 9.97 Å². The van der Waals surface area contributed by atoms with E-state index in [1.165, 1.54) is 6.92 Å². The predicted octanol–water partition coefficient (Wildman–Crippen LogP) is 2.78. The molecule has 2 heterocycles. The molecule has 23 heavy (non-hydrogen) atoms. The molecule has 6 nitrogen and oxygen atoms in total. The van der Waals surface area contributed by atoms with Crippen LogP contribution in [0.2, 0.25) is 0 Å². The summed E-state index contributed by atoms with van der Waals surface area (Å²) in [5.41, 5.74) is 2.92. The molecule has 0 aliphatic rings. The van der Waals surface area contributed by atoms with Crippen molar-refractivity contribution in [1.29, 1.82) is 0 Å². The van der Waals surface area contributed by atoms with Crippen LogP contribution < -0.4 is 0 Å². The summed E-state index contributed by atoms with van der Waals surface area (Å²) in [7, 11) is 0. The minimum atomic E-state index is -0.868. The van der Waals surface area contributed by atoms with Gasteiger partial charge in [0.2, 0.25) is 0 Å². The van der Waals surface area contributed by atoms with Crippen molar-refractivity contribution in [3.8, 4) is 11.4 Å². The first-order valence-electron chi connectivity index (χ1n) is 7.19. The fourth-order valence-electron chi connectivity index (χ4n) is 2.50. The number of carboxylic acid groups (broad SMARTS) is 1. The first-order valence-corrected chi connectivity index (χ1v) is 7.19. The normalized spacial score (nSPS) is 10.8. The Morgan fingerprint density at radius 3 is 2.57 bits per heavy atom. The van der Waals surface area contributed by atoms with Crippen molar-refractivity contribution in [2.24, 2.45) is 0 Å². The molecule has 1 aromatic carbocycles. The number of carbonyl (C=O) groups is 2. The van der Waals surface area contributed by atoms with E-state index < -0.39 is 5.97 Å². The van der Waals surface area contributed by atoms with E-state index in [0.717, 1.165) is 11.1 Å². The van der Waals surface area contributed by atoms with E-state index in [0.29, 0.717) is 23.4 Å². The largest absolute Gasteiger partial charge is 0.481 e. The summed E-state index contributed by atoms with van der Waals surface area (Å²) in [5.74, 6) is -0.227. The number of nitrogens with zero attached hydrogens (tertiary/aromatic N) is 3. The molecular weight excluding hydrogens is 294 g/mol. The van der Waals surface area contributed by atoms with Gasteiger partial charge in [-0.1, -0.05) is 0 Å². The Kier molecular flexibility index (Phi) is 3.89. The number of Topliss-reactive ketones (excluding diaryl/α,β-unsaturated/α-hetero) is 1. The molecule has 0 radical (unpaired) electrons. The van der Waals surface area contributed by atoms with Crippen LogP contribution in [0.3, 0.4) is 0 Å². The Morgan fingerprint density at radius 2 is 1.91 bits per heavy atom. The van der Waals surface area contributed by atoms with Crippen molar-refractivity contribution in [3.63, 3.8) is 0 Å². The number of aliphatic carboxylic acids is 1. The maximum absolute atomic E-state index is 11.5. The molecule has 0 fully saturated rings. The number of carbonyl (C=O) groups excluding carboxylic acids is 1. The van der Waals surface area contributed by atoms with E-state index >= 15 is 0 Å². The smallest absolute Gasteiger partial charge is 0.305 e. The van der Waals surface area contributed by atoms with Gasteiger partial charge in [-0.3, -0.25) is 14.6 Å². The highest BCUT2D eigenvalue weighted by molar-refractivity contribution is 5.97. The van der Waals surface area contributed by atoms with Crippen LogP contribution in [0, 0.1) is 0 Å². The lowest BCUT2D eigenvalue weighted by molar-refractivity contribution is -0.137. The minimum absolute atomic E-state index is 0.00198. The molecule has 6 heteroatoms. The van der Waals surface area contributed by atoms with Crippen LogP contribution in [-0.2, 0) is 11.3 Å². The summed E-state index contributed by atoms with van der Waals surface area (Å²) >= 11 is 0. The number of rotatable bonds is 5. The lowest BCUT2D eigenvalue weighted by atomic mass is 10.1. The van der Waals surface area contributed by atoms with Crippen molar-refractivity contribution in [1.82, 2.24) is 14.5 Å². The summed E-state index contributed by atoms with van der Waals surface area (Å²) in [4.78, 5) is 31.1. The number of aryl methyl sites for hydroxylation is 1. The monoisotopic (exact) mass is 309 g/mol. The highest BCUT2D eigenvalue weighted by atomic mass is 16.4. The van der Waals surface area contributed by atoms with Crippen molar-refractivity contribution in [2.75, 3.05) is 0 Å². The van der Waals surface area contributed by atoms with Gasteiger partial charge in [0.25, 0.3) is 0 Å². The Hall–Kier alpha value is -3.02. The number of carboxylic acids is 1. The molecule has 0 saturated carbocycles. The number of imidazole rings is 1. The topological polar surface area (TPSA) is 85.1 Å². The second-order valence-electron chi connectivity index (χ2n) is 5.23. The molecule has 0 aliphatic heterocycles. The zero-order chi connectivity index (χ0) is 16.4. The molecule has 2 aromatic heterocycles. The van der Waals surface area contributed by atoms with Gasteiger partial charge in [-0.2, -0.15) is 0 Å². The molecule has 0 bridgehead atoms. The maximum atomic E-state index is 11.5. The van der Waals surface area contributed by atoms with Crippen molar-refractivity contribution >= 4 is 22.8 Å². The van der Waals surface area contributed by atoms with Gasteiger partial charge < -0.3 is 9.67 Å².